The van der Waals surface area contributed by atoms with Gasteiger partial charge in [0.2, 0.25) is 0 Å². The second kappa shape index (κ2) is 5.61. The van der Waals surface area contributed by atoms with Crippen LogP contribution in [0, 0.1) is 17.1 Å². The third kappa shape index (κ3) is 3.04. The van der Waals surface area contributed by atoms with E-state index in [1.165, 1.54) is 6.07 Å². The number of hydrogen-bond donors (Lipinski definition) is 0. The molecule has 1 rings (SSSR count). The Bertz CT molecular complexity index is 431. The minimum Gasteiger partial charge on any atom is -0.466 e. The van der Waals surface area contributed by atoms with Gasteiger partial charge < -0.3 is 4.74 Å². The number of ether oxygens (including phenoxy) is 1. The van der Waals surface area contributed by atoms with Crippen molar-refractivity contribution < 1.29 is 13.9 Å². The van der Waals surface area contributed by atoms with Gasteiger partial charge in [0.25, 0.3) is 0 Å². The summed E-state index contributed by atoms with van der Waals surface area (Å²) in [7, 11) is 0. The van der Waals surface area contributed by atoms with Crippen molar-refractivity contribution in [3.05, 3.63) is 33.5 Å². The Labute approximate surface area is 101 Å². The van der Waals surface area contributed by atoms with Crippen LogP contribution in [0.25, 0.3) is 0 Å². The average Bonchev–Trinajstić information content (AvgIpc) is 2.17. The molecule has 0 heterocycles. The molecule has 3 nitrogen and oxygen atoms in total. The Balaban J connectivity index is 2.93. The van der Waals surface area contributed by atoms with Gasteiger partial charge in [0.15, 0.2) is 0 Å². The predicted molar refractivity (Wildman–Crippen MR) is 59.2 cm³/mol. The van der Waals surface area contributed by atoms with E-state index < -0.39 is 11.8 Å². The molecule has 0 aromatic heterocycles. The monoisotopic (exact) mass is 285 g/mol. The number of rotatable bonds is 3. The average molecular weight is 286 g/mol. The summed E-state index contributed by atoms with van der Waals surface area (Å²) < 4.78 is 18.4. The minimum atomic E-state index is -0.642. The number of nitrogens with zero attached hydrogens (tertiary/aromatic N) is 1. The van der Waals surface area contributed by atoms with Crippen molar-refractivity contribution in [2.75, 3.05) is 6.61 Å². The van der Waals surface area contributed by atoms with Crippen LogP contribution in [0.4, 0.5) is 4.39 Å². The third-order valence-corrected chi connectivity index (χ3v) is 2.49. The van der Waals surface area contributed by atoms with Gasteiger partial charge in [-0.05, 0) is 40.5 Å². The van der Waals surface area contributed by atoms with E-state index in [1.54, 1.807) is 19.1 Å². The lowest BCUT2D eigenvalue weighted by atomic mass is 10.1. The van der Waals surface area contributed by atoms with E-state index in [0.717, 1.165) is 0 Å². The number of esters is 1. The van der Waals surface area contributed by atoms with E-state index in [1.807, 2.05) is 0 Å². The Morgan fingerprint density at radius 2 is 2.31 bits per heavy atom. The largest absolute Gasteiger partial charge is 0.466 e. The van der Waals surface area contributed by atoms with Gasteiger partial charge in [0.05, 0.1) is 13.0 Å². The molecule has 0 saturated carbocycles. The molecule has 0 fully saturated rings. The maximum absolute atomic E-state index is 13.3. The molecule has 0 amide bonds. The smallest absolute Gasteiger partial charge is 0.310 e. The van der Waals surface area contributed by atoms with Gasteiger partial charge >= 0.3 is 5.97 Å². The molecule has 5 heteroatoms. The Morgan fingerprint density at radius 1 is 1.62 bits per heavy atom. The lowest BCUT2D eigenvalue weighted by Gasteiger charge is -2.04. The van der Waals surface area contributed by atoms with E-state index in [-0.39, 0.29) is 12.0 Å². The molecule has 0 bridgehead atoms. The molecule has 0 spiro atoms. The van der Waals surface area contributed by atoms with Crippen molar-refractivity contribution in [1.82, 2.24) is 0 Å². The van der Waals surface area contributed by atoms with Crippen LogP contribution in [0.15, 0.2) is 16.6 Å². The highest BCUT2D eigenvalue weighted by Crippen LogP contribution is 2.21. The number of benzene rings is 1. The zero-order chi connectivity index (χ0) is 12.1. The maximum Gasteiger partial charge on any atom is 0.310 e. The minimum absolute atomic E-state index is 0.00489. The first-order valence-corrected chi connectivity index (χ1v) is 5.41. The fourth-order valence-electron chi connectivity index (χ4n) is 1.21. The summed E-state index contributed by atoms with van der Waals surface area (Å²) in [5.74, 6) is -1.06. The summed E-state index contributed by atoms with van der Waals surface area (Å²) in [6.45, 7) is 1.99. The summed E-state index contributed by atoms with van der Waals surface area (Å²) in [5, 5.41) is 8.64. The van der Waals surface area contributed by atoms with E-state index >= 15 is 0 Å². The highest BCUT2D eigenvalue weighted by atomic mass is 79.9. The lowest BCUT2D eigenvalue weighted by molar-refractivity contribution is -0.142. The molecular weight excluding hydrogens is 277 g/mol. The van der Waals surface area contributed by atoms with Crippen LogP contribution in [0.3, 0.4) is 0 Å². The van der Waals surface area contributed by atoms with Crippen LogP contribution < -0.4 is 0 Å². The Kier molecular flexibility index (Phi) is 4.44. The molecule has 0 radical (unpaired) electrons. The summed E-state index contributed by atoms with van der Waals surface area (Å²) in [6.07, 6.45) is -0.00489. The van der Waals surface area contributed by atoms with Crippen LogP contribution in [0.1, 0.15) is 18.1 Å². The van der Waals surface area contributed by atoms with Crippen LogP contribution in [-0.4, -0.2) is 12.6 Å². The van der Waals surface area contributed by atoms with Crippen molar-refractivity contribution in [1.29, 1.82) is 5.26 Å². The van der Waals surface area contributed by atoms with Crippen molar-refractivity contribution in [2.24, 2.45) is 0 Å². The molecular formula is C11H9BrFNO2. The Morgan fingerprint density at radius 3 is 2.81 bits per heavy atom. The molecule has 0 aliphatic heterocycles. The zero-order valence-electron chi connectivity index (χ0n) is 8.59. The number of nitriles is 1. The van der Waals surface area contributed by atoms with Gasteiger partial charge in [-0.15, -0.1) is 0 Å². The maximum atomic E-state index is 13.3. The number of hydrogen-bond acceptors (Lipinski definition) is 3. The molecule has 84 valence electrons. The predicted octanol–water partition coefficient (Wildman–Crippen LogP) is 2.57. The van der Waals surface area contributed by atoms with E-state index in [4.69, 9.17) is 10.00 Å². The van der Waals surface area contributed by atoms with Crippen LogP contribution >= 0.6 is 15.9 Å². The second-order valence-electron chi connectivity index (χ2n) is 3.03. The van der Waals surface area contributed by atoms with Gasteiger partial charge in [0.1, 0.15) is 17.4 Å². The van der Waals surface area contributed by atoms with Crippen molar-refractivity contribution in [3.63, 3.8) is 0 Å². The molecule has 0 N–H and O–H groups in total. The molecule has 0 saturated heterocycles. The van der Waals surface area contributed by atoms with Crippen molar-refractivity contribution in [3.8, 4) is 6.07 Å². The third-order valence-electron chi connectivity index (χ3n) is 1.87. The summed E-state index contributed by atoms with van der Waals surface area (Å²) in [4.78, 5) is 11.2. The topological polar surface area (TPSA) is 50.1 Å². The molecule has 1 aromatic rings. The van der Waals surface area contributed by atoms with Gasteiger partial charge in [-0.1, -0.05) is 0 Å². The first-order valence-electron chi connectivity index (χ1n) is 4.62. The fraction of sp³-hybridized carbons (Fsp3) is 0.273. The van der Waals surface area contributed by atoms with Gasteiger partial charge in [-0.2, -0.15) is 5.26 Å². The van der Waals surface area contributed by atoms with Crippen LogP contribution in [-0.2, 0) is 16.0 Å². The molecule has 0 atom stereocenters. The van der Waals surface area contributed by atoms with Crippen molar-refractivity contribution in [2.45, 2.75) is 13.3 Å². The van der Waals surface area contributed by atoms with E-state index in [0.29, 0.717) is 16.6 Å². The first kappa shape index (κ1) is 12.7. The molecule has 0 aliphatic carbocycles. The summed E-state index contributed by atoms with van der Waals surface area (Å²) in [5.41, 5.74) is 0.412. The molecule has 0 aliphatic rings. The molecule has 1 aromatic carbocycles. The first-order chi connectivity index (χ1) is 7.58. The zero-order valence-corrected chi connectivity index (χ0v) is 10.2. The number of carbonyl (C=O) groups is 1. The second-order valence-corrected chi connectivity index (χ2v) is 3.88. The number of carbonyl (C=O) groups excluding carboxylic acids is 1. The van der Waals surface area contributed by atoms with Gasteiger partial charge in [-0.25, -0.2) is 4.39 Å². The van der Waals surface area contributed by atoms with Crippen LogP contribution in [0.2, 0.25) is 0 Å². The van der Waals surface area contributed by atoms with Crippen molar-refractivity contribution >= 4 is 21.9 Å². The molecule has 0 unspecified atom stereocenters. The van der Waals surface area contributed by atoms with Crippen LogP contribution in [0.5, 0.6) is 0 Å². The fourth-order valence-corrected chi connectivity index (χ4v) is 1.79. The lowest BCUT2D eigenvalue weighted by Crippen LogP contribution is -2.08. The van der Waals surface area contributed by atoms with Gasteiger partial charge in [-0.3, -0.25) is 4.79 Å². The summed E-state index contributed by atoms with van der Waals surface area (Å²) >= 11 is 3.07. The quantitative estimate of drug-likeness (QED) is 0.802. The molecule has 16 heavy (non-hydrogen) atoms. The SMILES string of the molecule is CCOC(=O)Cc1cc(F)c(C#N)c(Br)c1. The highest BCUT2D eigenvalue weighted by molar-refractivity contribution is 9.10. The normalized spacial score (nSPS) is 9.62. The standard InChI is InChI=1S/C11H9BrFNO2/c1-2-16-11(15)5-7-3-9(12)8(6-14)10(13)4-7/h3-4H,2,5H2,1H3. The number of halogens is 2. The Hall–Kier alpha value is -1.41. The van der Waals surface area contributed by atoms with E-state index in [2.05, 4.69) is 15.9 Å². The van der Waals surface area contributed by atoms with Gasteiger partial charge in [0, 0.05) is 4.47 Å². The highest BCUT2D eigenvalue weighted by Gasteiger charge is 2.11. The van der Waals surface area contributed by atoms with E-state index in [9.17, 15) is 9.18 Å². The summed E-state index contributed by atoms with van der Waals surface area (Å²) in [6, 6.07) is 4.44.